The van der Waals surface area contributed by atoms with Crippen molar-refractivity contribution in [2.45, 2.75) is 31.4 Å². The third kappa shape index (κ3) is 5.65. The second-order valence-corrected chi connectivity index (χ2v) is 7.03. The Morgan fingerprint density at radius 3 is 2.24 bits per heavy atom. The zero-order valence-corrected chi connectivity index (χ0v) is 16.5. The zero-order valence-electron chi connectivity index (χ0n) is 14.0. The molecule has 0 aromatic heterocycles. The van der Waals surface area contributed by atoms with Gasteiger partial charge in [0, 0.05) is 36.6 Å². The summed E-state index contributed by atoms with van der Waals surface area (Å²) in [4.78, 5) is 14.7. The minimum atomic E-state index is -0.899. The van der Waals surface area contributed by atoms with Crippen molar-refractivity contribution >= 4 is 34.4 Å². The van der Waals surface area contributed by atoms with E-state index < -0.39 is 5.60 Å². The molecule has 0 spiro atoms. The number of aliphatic hydroxyl groups is 1. The summed E-state index contributed by atoms with van der Waals surface area (Å²) in [7, 11) is 0. The van der Waals surface area contributed by atoms with Crippen LogP contribution in [0.2, 0.25) is 5.02 Å². The molecule has 3 nitrogen and oxygen atoms in total. The van der Waals surface area contributed by atoms with Crippen LogP contribution in [0.15, 0.2) is 54.6 Å². The lowest BCUT2D eigenvalue weighted by Gasteiger charge is -2.38. The van der Waals surface area contributed by atoms with Crippen molar-refractivity contribution in [3.05, 3.63) is 70.7 Å². The molecule has 1 aliphatic rings. The highest BCUT2D eigenvalue weighted by molar-refractivity contribution is 8.93. The van der Waals surface area contributed by atoms with Gasteiger partial charge in [-0.05, 0) is 42.7 Å². The van der Waals surface area contributed by atoms with E-state index in [4.69, 9.17) is 11.6 Å². The largest absolute Gasteiger partial charge is 0.389 e. The smallest absolute Gasteiger partial charge is 0.165 e. The fraction of sp³-hybridized carbons (Fsp3) is 0.350. The first-order chi connectivity index (χ1) is 11.5. The normalized spacial score (nSPS) is 16.9. The molecule has 1 saturated heterocycles. The molecule has 0 unspecified atom stereocenters. The maximum Gasteiger partial charge on any atom is 0.165 e. The second-order valence-electron chi connectivity index (χ2n) is 6.59. The molecule has 1 N–H and O–H groups in total. The zero-order chi connectivity index (χ0) is 17.0. The number of ketones is 1. The second kappa shape index (κ2) is 8.95. The lowest BCUT2D eigenvalue weighted by atomic mass is 9.85. The Balaban J connectivity index is 0.00000225. The van der Waals surface area contributed by atoms with Crippen LogP contribution in [0.1, 0.15) is 35.2 Å². The van der Waals surface area contributed by atoms with Gasteiger partial charge in [0.1, 0.15) is 0 Å². The number of benzene rings is 2. The van der Waals surface area contributed by atoms with Crippen LogP contribution < -0.4 is 0 Å². The predicted octanol–water partition coefficient (Wildman–Crippen LogP) is 4.52. The van der Waals surface area contributed by atoms with Gasteiger partial charge in [-0.3, -0.25) is 9.69 Å². The molecule has 3 rings (SSSR count). The van der Waals surface area contributed by atoms with Crippen molar-refractivity contribution < 1.29 is 9.90 Å². The van der Waals surface area contributed by atoms with Crippen LogP contribution in [0.25, 0.3) is 0 Å². The first-order valence-electron chi connectivity index (χ1n) is 8.32. The number of hydrogen-bond donors (Lipinski definition) is 1. The number of piperidine rings is 1. The molecule has 25 heavy (non-hydrogen) atoms. The topological polar surface area (TPSA) is 40.5 Å². The third-order valence-electron chi connectivity index (χ3n) is 4.69. The van der Waals surface area contributed by atoms with Crippen molar-refractivity contribution in [3.8, 4) is 0 Å². The summed E-state index contributed by atoms with van der Waals surface area (Å²) in [5.74, 6) is -0.0225. The van der Waals surface area contributed by atoms with E-state index in [9.17, 15) is 9.90 Å². The SMILES string of the molecule is Br.O=C(CC1(O)CCN(Cc2ccccc2)CC1)c1ccc(Cl)cc1. The molecule has 0 aliphatic carbocycles. The molecule has 5 heteroatoms. The first-order valence-corrected chi connectivity index (χ1v) is 8.69. The number of Topliss-reactive ketones (excluding diaryl/α,β-unsaturated/α-hetero) is 1. The van der Waals surface area contributed by atoms with Crippen LogP contribution in [0.4, 0.5) is 0 Å². The number of carbonyl (C=O) groups excluding carboxylic acids is 1. The highest BCUT2D eigenvalue weighted by Crippen LogP contribution is 2.28. The highest BCUT2D eigenvalue weighted by Gasteiger charge is 2.34. The number of hydrogen-bond acceptors (Lipinski definition) is 3. The number of carbonyl (C=O) groups is 1. The Morgan fingerprint density at radius 2 is 1.64 bits per heavy atom. The molecule has 1 aliphatic heterocycles. The molecule has 0 saturated carbocycles. The minimum Gasteiger partial charge on any atom is -0.389 e. The van der Waals surface area contributed by atoms with Crippen LogP contribution in [0, 0.1) is 0 Å². The first kappa shape index (κ1) is 20.1. The van der Waals surface area contributed by atoms with E-state index in [-0.39, 0.29) is 29.2 Å². The Labute approximate surface area is 164 Å². The number of nitrogens with zero attached hydrogens (tertiary/aromatic N) is 1. The van der Waals surface area contributed by atoms with Gasteiger partial charge < -0.3 is 5.11 Å². The van der Waals surface area contributed by atoms with Crippen molar-refractivity contribution in [1.29, 1.82) is 0 Å². The van der Waals surface area contributed by atoms with Crippen LogP contribution in [0.3, 0.4) is 0 Å². The van der Waals surface area contributed by atoms with Gasteiger partial charge in [-0.25, -0.2) is 0 Å². The Kier molecular flexibility index (Phi) is 7.20. The van der Waals surface area contributed by atoms with Crippen molar-refractivity contribution in [2.24, 2.45) is 0 Å². The average Bonchev–Trinajstić information content (AvgIpc) is 2.58. The maximum atomic E-state index is 12.4. The van der Waals surface area contributed by atoms with E-state index in [2.05, 4.69) is 17.0 Å². The third-order valence-corrected chi connectivity index (χ3v) is 4.94. The molecule has 1 fully saturated rings. The van der Waals surface area contributed by atoms with E-state index in [1.807, 2.05) is 18.2 Å². The van der Waals surface area contributed by atoms with E-state index in [1.165, 1.54) is 5.56 Å². The van der Waals surface area contributed by atoms with Crippen molar-refractivity contribution in [1.82, 2.24) is 4.90 Å². The van der Waals surface area contributed by atoms with E-state index in [0.717, 1.165) is 19.6 Å². The summed E-state index contributed by atoms with van der Waals surface area (Å²) in [5.41, 5.74) is 0.990. The lowest BCUT2D eigenvalue weighted by molar-refractivity contribution is -0.0241. The fourth-order valence-electron chi connectivity index (χ4n) is 3.18. The molecule has 0 amide bonds. The van der Waals surface area contributed by atoms with Crippen molar-refractivity contribution in [2.75, 3.05) is 13.1 Å². The molecular weight excluding hydrogens is 402 g/mol. The van der Waals surface area contributed by atoms with Gasteiger partial charge >= 0.3 is 0 Å². The highest BCUT2D eigenvalue weighted by atomic mass is 79.9. The van der Waals surface area contributed by atoms with E-state index in [0.29, 0.717) is 23.4 Å². The fourth-order valence-corrected chi connectivity index (χ4v) is 3.31. The van der Waals surface area contributed by atoms with Crippen LogP contribution in [0.5, 0.6) is 0 Å². The summed E-state index contributed by atoms with van der Waals surface area (Å²) in [6, 6.07) is 17.2. The average molecular weight is 425 g/mol. The van der Waals surface area contributed by atoms with Gasteiger partial charge in [0.25, 0.3) is 0 Å². The molecule has 2 aromatic rings. The molecule has 1 heterocycles. The molecule has 0 atom stereocenters. The summed E-state index contributed by atoms with van der Waals surface area (Å²) >= 11 is 5.85. The maximum absolute atomic E-state index is 12.4. The molecule has 2 aromatic carbocycles. The quantitative estimate of drug-likeness (QED) is 0.718. The van der Waals surface area contributed by atoms with Gasteiger partial charge in [0.2, 0.25) is 0 Å². The summed E-state index contributed by atoms with van der Waals surface area (Å²) in [6.07, 6.45) is 1.42. The lowest BCUT2D eigenvalue weighted by Crippen LogP contribution is -2.45. The predicted molar refractivity (Wildman–Crippen MR) is 107 cm³/mol. The van der Waals surface area contributed by atoms with Crippen LogP contribution in [-0.2, 0) is 6.54 Å². The number of likely N-dealkylation sites (tertiary alicyclic amines) is 1. The van der Waals surface area contributed by atoms with Crippen LogP contribution in [-0.4, -0.2) is 34.5 Å². The Morgan fingerprint density at radius 1 is 1.04 bits per heavy atom. The Bertz CT molecular complexity index is 683. The standard InChI is InChI=1S/C20H22ClNO2.BrH/c21-18-8-6-17(7-9-18)19(23)14-20(24)10-12-22(13-11-20)15-16-4-2-1-3-5-16;/h1-9,24H,10-15H2;1H. The van der Waals surface area contributed by atoms with E-state index >= 15 is 0 Å². The monoisotopic (exact) mass is 423 g/mol. The molecule has 0 radical (unpaired) electrons. The summed E-state index contributed by atoms with van der Waals surface area (Å²) < 4.78 is 0. The van der Waals surface area contributed by atoms with Gasteiger partial charge in [-0.15, -0.1) is 17.0 Å². The van der Waals surface area contributed by atoms with Crippen molar-refractivity contribution in [3.63, 3.8) is 0 Å². The number of rotatable bonds is 5. The molecule has 0 bridgehead atoms. The number of halogens is 2. The molecule has 134 valence electrons. The Hall–Kier alpha value is -1.20. The van der Waals surface area contributed by atoms with Gasteiger partial charge in [-0.2, -0.15) is 0 Å². The summed E-state index contributed by atoms with van der Waals surface area (Å²) in [6.45, 7) is 2.50. The van der Waals surface area contributed by atoms with Crippen LogP contribution >= 0.6 is 28.6 Å². The summed E-state index contributed by atoms with van der Waals surface area (Å²) in [5, 5.41) is 11.4. The van der Waals surface area contributed by atoms with Gasteiger partial charge in [0.15, 0.2) is 5.78 Å². The minimum absolute atomic E-state index is 0. The van der Waals surface area contributed by atoms with E-state index in [1.54, 1.807) is 24.3 Å². The van der Waals surface area contributed by atoms with Gasteiger partial charge in [-0.1, -0.05) is 41.9 Å². The van der Waals surface area contributed by atoms with Gasteiger partial charge in [0.05, 0.1) is 5.60 Å². The molecular formula is C20H23BrClNO2.